The van der Waals surface area contributed by atoms with Gasteiger partial charge in [-0.25, -0.2) is 0 Å². The molecule has 0 spiro atoms. The summed E-state index contributed by atoms with van der Waals surface area (Å²) in [6.07, 6.45) is 0. The van der Waals surface area contributed by atoms with E-state index in [1.54, 1.807) is 0 Å². The molecule has 0 aromatic heterocycles. The van der Waals surface area contributed by atoms with Crippen molar-refractivity contribution in [1.29, 1.82) is 0 Å². The molecule has 0 fully saturated rings. The molecule has 0 aliphatic rings. The number of rotatable bonds is 6. The van der Waals surface area contributed by atoms with Gasteiger partial charge < -0.3 is 5.32 Å². The molecule has 2 nitrogen and oxygen atoms in total. The third-order valence-corrected chi connectivity index (χ3v) is 4.08. The van der Waals surface area contributed by atoms with E-state index in [1.165, 1.54) is 0 Å². The minimum absolute atomic E-state index is 0.112. The zero-order valence-corrected chi connectivity index (χ0v) is 11.5. The van der Waals surface area contributed by atoms with Gasteiger partial charge in [0.2, 0.25) is 5.91 Å². The summed E-state index contributed by atoms with van der Waals surface area (Å²) >= 11 is 17.3. The van der Waals surface area contributed by atoms with E-state index in [4.69, 9.17) is 34.8 Å². The van der Waals surface area contributed by atoms with Crippen molar-refractivity contribution in [3.8, 4) is 0 Å². The second-order valence-electron chi connectivity index (χ2n) is 3.85. The molecule has 94 valence electrons. The summed E-state index contributed by atoms with van der Waals surface area (Å²) < 4.78 is 0. The predicted molar refractivity (Wildman–Crippen MR) is 72.9 cm³/mol. The number of alkyl halides is 3. The van der Waals surface area contributed by atoms with Gasteiger partial charge in [0.25, 0.3) is 0 Å². The first-order valence-electron chi connectivity index (χ1n) is 5.18. The van der Waals surface area contributed by atoms with Crippen molar-refractivity contribution in [1.82, 2.24) is 5.32 Å². The molecule has 1 rings (SSSR count). The van der Waals surface area contributed by atoms with Gasteiger partial charge in [-0.3, -0.25) is 4.79 Å². The smallest absolute Gasteiger partial charge is 0.230 e. The van der Waals surface area contributed by atoms with E-state index in [-0.39, 0.29) is 23.5 Å². The minimum Gasteiger partial charge on any atom is -0.351 e. The summed E-state index contributed by atoms with van der Waals surface area (Å²) in [6.45, 7) is 0.450. The van der Waals surface area contributed by atoms with Gasteiger partial charge in [0.05, 0.1) is 5.41 Å². The molecule has 0 bridgehead atoms. The van der Waals surface area contributed by atoms with Crippen molar-refractivity contribution < 1.29 is 4.79 Å². The maximum atomic E-state index is 12.0. The molecular formula is C12H14Cl3NO. The zero-order chi connectivity index (χ0) is 12.7. The van der Waals surface area contributed by atoms with Crippen LogP contribution in [0.3, 0.4) is 0 Å². The molecule has 0 saturated carbocycles. The lowest BCUT2D eigenvalue weighted by Gasteiger charge is -2.25. The number of nitrogens with one attached hydrogen (secondary N) is 1. The first-order chi connectivity index (χ1) is 8.18. The third kappa shape index (κ3) is 3.77. The van der Waals surface area contributed by atoms with Crippen LogP contribution in [0.2, 0.25) is 0 Å². The fourth-order valence-electron chi connectivity index (χ4n) is 1.25. The second kappa shape index (κ2) is 7.10. The van der Waals surface area contributed by atoms with E-state index in [0.29, 0.717) is 6.54 Å². The third-order valence-electron chi connectivity index (χ3n) is 2.54. The van der Waals surface area contributed by atoms with Crippen LogP contribution in [0.5, 0.6) is 0 Å². The molecule has 1 aromatic carbocycles. The summed E-state index contributed by atoms with van der Waals surface area (Å²) in [6, 6.07) is 9.62. The Morgan fingerprint density at radius 3 is 2.06 bits per heavy atom. The molecule has 0 aliphatic carbocycles. The number of amides is 1. The highest BCUT2D eigenvalue weighted by Crippen LogP contribution is 2.23. The molecule has 1 aromatic rings. The van der Waals surface area contributed by atoms with Crippen LogP contribution in [0, 0.1) is 5.41 Å². The Hall–Kier alpha value is -0.440. The van der Waals surface area contributed by atoms with Crippen molar-refractivity contribution in [2.75, 3.05) is 17.6 Å². The Kier molecular flexibility index (Phi) is 6.10. The molecule has 0 radical (unpaired) electrons. The highest BCUT2D eigenvalue weighted by Gasteiger charge is 2.36. The maximum absolute atomic E-state index is 12.0. The van der Waals surface area contributed by atoms with Crippen LogP contribution >= 0.6 is 34.8 Å². The maximum Gasteiger partial charge on any atom is 0.230 e. The van der Waals surface area contributed by atoms with Crippen LogP contribution < -0.4 is 5.32 Å². The van der Waals surface area contributed by atoms with Crippen LogP contribution in [0.4, 0.5) is 0 Å². The van der Waals surface area contributed by atoms with Crippen molar-refractivity contribution in [3.05, 3.63) is 35.9 Å². The van der Waals surface area contributed by atoms with Gasteiger partial charge in [-0.2, -0.15) is 0 Å². The van der Waals surface area contributed by atoms with Gasteiger partial charge in [-0.05, 0) is 5.56 Å². The lowest BCUT2D eigenvalue weighted by molar-refractivity contribution is -0.128. The second-order valence-corrected chi connectivity index (χ2v) is 4.65. The molecule has 1 N–H and O–H groups in total. The zero-order valence-electron chi connectivity index (χ0n) is 9.26. The standard InChI is InChI=1S/C12H14Cl3NO/c13-7-12(8-14,9-15)11(17)16-6-10-4-2-1-3-5-10/h1-5H,6-9H2,(H,16,17). The van der Waals surface area contributed by atoms with Gasteiger partial charge >= 0.3 is 0 Å². The van der Waals surface area contributed by atoms with Crippen molar-refractivity contribution in [3.63, 3.8) is 0 Å². The van der Waals surface area contributed by atoms with Gasteiger partial charge in [0.15, 0.2) is 0 Å². The molecule has 0 atom stereocenters. The lowest BCUT2D eigenvalue weighted by Crippen LogP contribution is -2.45. The van der Waals surface area contributed by atoms with Gasteiger partial charge in [0.1, 0.15) is 0 Å². The normalized spacial score (nSPS) is 11.2. The molecular weight excluding hydrogens is 280 g/mol. The molecule has 1 amide bonds. The average Bonchev–Trinajstić information content (AvgIpc) is 2.40. The number of hydrogen-bond donors (Lipinski definition) is 1. The largest absolute Gasteiger partial charge is 0.351 e. The summed E-state index contributed by atoms with van der Waals surface area (Å²) in [5.41, 5.74) is 0.132. The molecule has 0 heterocycles. The topological polar surface area (TPSA) is 29.1 Å². The van der Waals surface area contributed by atoms with Crippen LogP contribution in [-0.4, -0.2) is 23.5 Å². The van der Waals surface area contributed by atoms with Gasteiger partial charge in [-0.1, -0.05) is 30.3 Å². The fourth-order valence-corrected chi connectivity index (χ4v) is 2.48. The number of halogens is 3. The molecule has 17 heavy (non-hydrogen) atoms. The van der Waals surface area contributed by atoms with Crippen LogP contribution in [0.25, 0.3) is 0 Å². The van der Waals surface area contributed by atoms with Gasteiger partial charge in [0, 0.05) is 24.2 Å². The average molecular weight is 295 g/mol. The summed E-state index contributed by atoms with van der Waals surface area (Å²) in [5.74, 6) is 0.128. The monoisotopic (exact) mass is 293 g/mol. The van der Waals surface area contributed by atoms with Crippen molar-refractivity contribution in [2.24, 2.45) is 5.41 Å². The lowest BCUT2D eigenvalue weighted by atomic mass is 9.94. The van der Waals surface area contributed by atoms with E-state index >= 15 is 0 Å². The Bertz CT molecular complexity index is 344. The Labute approximate surface area is 116 Å². The number of carbonyl (C=O) groups is 1. The summed E-state index contributed by atoms with van der Waals surface area (Å²) in [4.78, 5) is 12.0. The molecule has 0 saturated heterocycles. The first-order valence-corrected chi connectivity index (χ1v) is 6.79. The van der Waals surface area contributed by atoms with E-state index < -0.39 is 5.41 Å². The number of benzene rings is 1. The Balaban J connectivity index is 2.60. The fraction of sp³-hybridized carbons (Fsp3) is 0.417. The predicted octanol–water partition coefficient (Wildman–Crippen LogP) is 3.01. The highest BCUT2D eigenvalue weighted by molar-refractivity contribution is 6.27. The molecule has 5 heteroatoms. The minimum atomic E-state index is -0.889. The van der Waals surface area contributed by atoms with Crippen molar-refractivity contribution in [2.45, 2.75) is 6.54 Å². The Morgan fingerprint density at radius 2 is 1.59 bits per heavy atom. The Morgan fingerprint density at radius 1 is 1.06 bits per heavy atom. The van der Waals surface area contributed by atoms with Crippen molar-refractivity contribution >= 4 is 40.7 Å². The number of hydrogen-bond acceptors (Lipinski definition) is 1. The van der Waals surface area contributed by atoms with Gasteiger partial charge in [-0.15, -0.1) is 34.8 Å². The quantitative estimate of drug-likeness (QED) is 0.803. The highest BCUT2D eigenvalue weighted by atomic mass is 35.5. The molecule has 0 unspecified atom stereocenters. The SMILES string of the molecule is O=C(NCc1ccccc1)C(CCl)(CCl)CCl. The van der Waals surface area contributed by atoms with E-state index in [0.717, 1.165) is 5.56 Å². The summed E-state index contributed by atoms with van der Waals surface area (Å²) in [7, 11) is 0. The van der Waals surface area contributed by atoms with E-state index in [1.807, 2.05) is 30.3 Å². The van der Waals surface area contributed by atoms with Crippen LogP contribution in [0.1, 0.15) is 5.56 Å². The molecule has 0 aliphatic heterocycles. The first kappa shape index (κ1) is 14.6. The van der Waals surface area contributed by atoms with Crippen LogP contribution in [-0.2, 0) is 11.3 Å². The van der Waals surface area contributed by atoms with Crippen LogP contribution in [0.15, 0.2) is 30.3 Å². The summed E-state index contributed by atoms with van der Waals surface area (Å²) in [5, 5.41) is 2.80. The number of carbonyl (C=O) groups excluding carboxylic acids is 1. The van der Waals surface area contributed by atoms with E-state index in [9.17, 15) is 4.79 Å². The van der Waals surface area contributed by atoms with E-state index in [2.05, 4.69) is 5.32 Å².